The van der Waals surface area contributed by atoms with Gasteiger partial charge in [0, 0.05) is 19.3 Å². The van der Waals surface area contributed by atoms with Gasteiger partial charge in [-0.05, 0) is 19.1 Å². The van der Waals surface area contributed by atoms with Gasteiger partial charge in [0.15, 0.2) is 0 Å². The monoisotopic (exact) mass is 221 g/mol. The molecule has 5 nitrogen and oxygen atoms in total. The molecule has 1 aromatic heterocycles. The number of hydrogen-bond acceptors (Lipinski definition) is 5. The summed E-state index contributed by atoms with van der Waals surface area (Å²) in [6.45, 7) is 3.97. The van der Waals surface area contributed by atoms with Gasteiger partial charge in [0.05, 0.1) is 12.6 Å². The average Bonchev–Trinajstić information content (AvgIpc) is 2.24. The van der Waals surface area contributed by atoms with E-state index in [1.54, 1.807) is 25.3 Å². The summed E-state index contributed by atoms with van der Waals surface area (Å²) >= 11 is 0. The van der Waals surface area contributed by atoms with Crippen LogP contribution < -0.4 is 10.6 Å². The van der Waals surface area contributed by atoms with Gasteiger partial charge in [0.1, 0.15) is 11.4 Å². The van der Waals surface area contributed by atoms with E-state index in [9.17, 15) is 4.79 Å². The van der Waals surface area contributed by atoms with E-state index in [0.29, 0.717) is 24.0 Å². The first-order valence-electron chi connectivity index (χ1n) is 5.40. The predicted octanol–water partition coefficient (Wildman–Crippen LogP) is 0.642. The van der Waals surface area contributed by atoms with Gasteiger partial charge in [-0.1, -0.05) is 0 Å². The lowest BCUT2D eigenvalue weighted by atomic mass is 10.1. The van der Waals surface area contributed by atoms with Crippen LogP contribution in [0, 0.1) is 0 Å². The summed E-state index contributed by atoms with van der Waals surface area (Å²) in [6.07, 6.45) is 1.66. The molecule has 0 aliphatic carbocycles. The van der Waals surface area contributed by atoms with E-state index in [1.807, 2.05) is 0 Å². The lowest BCUT2D eigenvalue weighted by Gasteiger charge is -2.28. The third-order valence-electron chi connectivity index (χ3n) is 2.43. The van der Waals surface area contributed by atoms with Crippen LogP contribution in [-0.2, 0) is 4.74 Å². The minimum atomic E-state index is -0.328. The van der Waals surface area contributed by atoms with Gasteiger partial charge in [0.2, 0.25) is 0 Å². The Morgan fingerprint density at radius 1 is 1.69 bits per heavy atom. The van der Waals surface area contributed by atoms with Crippen LogP contribution in [0.3, 0.4) is 0 Å². The number of pyridine rings is 1. The Labute approximate surface area is 94.2 Å². The molecular weight excluding hydrogens is 206 g/mol. The Morgan fingerprint density at radius 3 is 3.12 bits per heavy atom. The zero-order chi connectivity index (χ0) is 11.4. The molecule has 2 heterocycles. The molecule has 0 bridgehead atoms. The predicted molar refractivity (Wildman–Crippen MR) is 60.5 cm³/mol. The number of esters is 1. The first-order valence-corrected chi connectivity index (χ1v) is 5.40. The van der Waals surface area contributed by atoms with Gasteiger partial charge >= 0.3 is 5.97 Å². The summed E-state index contributed by atoms with van der Waals surface area (Å²) < 4.78 is 4.97. The number of rotatable bonds is 4. The van der Waals surface area contributed by atoms with Crippen molar-refractivity contribution in [2.75, 3.05) is 25.0 Å². The van der Waals surface area contributed by atoms with Crippen LogP contribution in [0.2, 0.25) is 0 Å². The molecule has 2 N–H and O–H groups in total. The number of hydrogen-bond donors (Lipinski definition) is 2. The lowest BCUT2D eigenvalue weighted by Crippen LogP contribution is -2.51. The van der Waals surface area contributed by atoms with Gasteiger partial charge in [-0.3, -0.25) is 0 Å². The highest BCUT2D eigenvalue weighted by atomic mass is 16.5. The fourth-order valence-corrected chi connectivity index (χ4v) is 1.48. The van der Waals surface area contributed by atoms with Crippen LogP contribution in [-0.4, -0.2) is 36.7 Å². The molecule has 1 aromatic rings. The van der Waals surface area contributed by atoms with E-state index >= 15 is 0 Å². The van der Waals surface area contributed by atoms with Gasteiger partial charge in [-0.15, -0.1) is 0 Å². The SMILES string of the molecule is CCOC(=O)c1cccnc1NC1CNC1. The molecule has 5 heteroatoms. The van der Waals surface area contributed by atoms with E-state index in [4.69, 9.17) is 4.74 Å². The van der Waals surface area contributed by atoms with Crippen molar-refractivity contribution in [2.24, 2.45) is 0 Å². The van der Waals surface area contributed by atoms with Crippen molar-refractivity contribution in [1.29, 1.82) is 0 Å². The number of anilines is 1. The molecule has 16 heavy (non-hydrogen) atoms. The second-order valence-corrected chi connectivity index (χ2v) is 3.62. The first kappa shape index (κ1) is 10.9. The minimum absolute atomic E-state index is 0.328. The zero-order valence-electron chi connectivity index (χ0n) is 9.19. The molecule has 0 saturated carbocycles. The van der Waals surface area contributed by atoms with E-state index in [-0.39, 0.29) is 5.97 Å². The first-order chi connectivity index (χ1) is 7.81. The van der Waals surface area contributed by atoms with Crippen LogP contribution in [0.25, 0.3) is 0 Å². The fourth-order valence-electron chi connectivity index (χ4n) is 1.48. The highest BCUT2D eigenvalue weighted by Gasteiger charge is 2.20. The van der Waals surface area contributed by atoms with Crippen molar-refractivity contribution >= 4 is 11.8 Å². The second kappa shape index (κ2) is 4.94. The number of nitrogens with one attached hydrogen (secondary N) is 2. The van der Waals surface area contributed by atoms with Crippen LogP contribution >= 0.6 is 0 Å². The molecule has 1 aliphatic heterocycles. The minimum Gasteiger partial charge on any atom is -0.462 e. The lowest BCUT2D eigenvalue weighted by molar-refractivity contribution is 0.0527. The van der Waals surface area contributed by atoms with Crippen LogP contribution in [0.5, 0.6) is 0 Å². The Morgan fingerprint density at radius 2 is 2.50 bits per heavy atom. The normalized spacial score (nSPS) is 15.3. The van der Waals surface area contributed by atoms with E-state index in [1.165, 1.54) is 0 Å². The Kier molecular flexibility index (Phi) is 3.36. The summed E-state index contributed by atoms with van der Waals surface area (Å²) in [6, 6.07) is 3.80. The third kappa shape index (κ3) is 2.30. The van der Waals surface area contributed by atoms with Crippen molar-refractivity contribution in [1.82, 2.24) is 10.3 Å². The van der Waals surface area contributed by atoms with Crippen molar-refractivity contribution in [3.8, 4) is 0 Å². The molecule has 1 fully saturated rings. The topological polar surface area (TPSA) is 63.2 Å². The Hall–Kier alpha value is -1.62. The fraction of sp³-hybridized carbons (Fsp3) is 0.455. The molecular formula is C11H15N3O2. The van der Waals surface area contributed by atoms with Crippen molar-refractivity contribution in [3.63, 3.8) is 0 Å². The van der Waals surface area contributed by atoms with Crippen LogP contribution in [0.15, 0.2) is 18.3 Å². The summed E-state index contributed by atoms with van der Waals surface area (Å²) in [5.41, 5.74) is 0.497. The largest absolute Gasteiger partial charge is 0.462 e. The van der Waals surface area contributed by atoms with Gasteiger partial charge in [0.25, 0.3) is 0 Å². The maximum absolute atomic E-state index is 11.6. The molecule has 0 aromatic carbocycles. The van der Waals surface area contributed by atoms with Crippen LogP contribution in [0.1, 0.15) is 17.3 Å². The third-order valence-corrected chi connectivity index (χ3v) is 2.43. The molecule has 0 radical (unpaired) electrons. The van der Waals surface area contributed by atoms with Gasteiger partial charge < -0.3 is 15.4 Å². The van der Waals surface area contributed by atoms with Crippen molar-refractivity contribution in [3.05, 3.63) is 23.9 Å². The second-order valence-electron chi connectivity index (χ2n) is 3.62. The Bertz CT molecular complexity index is 377. The molecule has 1 aliphatic rings. The smallest absolute Gasteiger partial charge is 0.341 e. The zero-order valence-corrected chi connectivity index (χ0v) is 9.19. The highest BCUT2D eigenvalue weighted by Crippen LogP contribution is 2.14. The maximum Gasteiger partial charge on any atom is 0.341 e. The molecule has 0 spiro atoms. The number of aromatic nitrogens is 1. The molecule has 0 atom stereocenters. The maximum atomic E-state index is 11.6. The molecule has 86 valence electrons. The van der Waals surface area contributed by atoms with Gasteiger partial charge in [-0.25, -0.2) is 9.78 Å². The summed E-state index contributed by atoms with van der Waals surface area (Å²) in [5.74, 6) is 0.276. The number of carbonyl (C=O) groups excluding carboxylic acids is 1. The molecule has 1 saturated heterocycles. The highest BCUT2D eigenvalue weighted by molar-refractivity contribution is 5.94. The molecule has 0 amide bonds. The summed E-state index contributed by atoms with van der Waals surface area (Å²) in [5, 5.41) is 6.36. The van der Waals surface area contributed by atoms with Crippen molar-refractivity contribution < 1.29 is 9.53 Å². The van der Waals surface area contributed by atoms with Gasteiger partial charge in [-0.2, -0.15) is 0 Å². The standard InChI is InChI=1S/C11H15N3O2/c1-2-16-11(15)9-4-3-5-13-10(9)14-8-6-12-7-8/h3-5,8,12H,2,6-7H2,1H3,(H,13,14). The summed E-state index contributed by atoms with van der Waals surface area (Å²) in [4.78, 5) is 15.8. The molecule has 0 unspecified atom stereocenters. The number of carbonyl (C=O) groups is 1. The average molecular weight is 221 g/mol. The molecule has 2 rings (SSSR count). The number of nitrogens with zero attached hydrogens (tertiary/aromatic N) is 1. The van der Waals surface area contributed by atoms with E-state index in [0.717, 1.165) is 13.1 Å². The van der Waals surface area contributed by atoms with Crippen LogP contribution in [0.4, 0.5) is 5.82 Å². The Balaban J connectivity index is 2.12. The van der Waals surface area contributed by atoms with E-state index in [2.05, 4.69) is 15.6 Å². The number of ether oxygens (including phenoxy) is 1. The quantitative estimate of drug-likeness (QED) is 0.731. The van der Waals surface area contributed by atoms with Crippen molar-refractivity contribution in [2.45, 2.75) is 13.0 Å². The summed E-state index contributed by atoms with van der Waals surface area (Å²) in [7, 11) is 0. The van der Waals surface area contributed by atoms with E-state index < -0.39 is 0 Å².